The van der Waals surface area contributed by atoms with Gasteiger partial charge in [0, 0.05) is 27.3 Å². The summed E-state index contributed by atoms with van der Waals surface area (Å²) in [5, 5.41) is 0. The van der Waals surface area contributed by atoms with Crippen molar-refractivity contribution in [1.82, 2.24) is 4.90 Å². The molecule has 0 aromatic heterocycles. The summed E-state index contributed by atoms with van der Waals surface area (Å²) in [6, 6.07) is 0. The van der Waals surface area contributed by atoms with Crippen LogP contribution in [0.4, 0.5) is 0 Å². The molecule has 3 nitrogen and oxygen atoms in total. The third-order valence-electron chi connectivity index (χ3n) is 3.00. The van der Waals surface area contributed by atoms with Crippen LogP contribution in [0.3, 0.4) is 0 Å². The third-order valence-corrected chi connectivity index (χ3v) is 3.00. The number of nitrogens with zero attached hydrogens (tertiary/aromatic N) is 1. The zero-order chi connectivity index (χ0) is 10.4. The Morgan fingerprint density at radius 3 is 2.64 bits per heavy atom. The van der Waals surface area contributed by atoms with Gasteiger partial charge in [0.1, 0.15) is 0 Å². The molecule has 14 heavy (non-hydrogen) atoms. The van der Waals surface area contributed by atoms with E-state index in [9.17, 15) is 0 Å². The molecule has 0 aromatic carbocycles. The summed E-state index contributed by atoms with van der Waals surface area (Å²) < 4.78 is 10.4. The lowest BCUT2D eigenvalue weighted by atomic mass is 10.0. The standard InChI is InChI=1S/C11H23NO2/c1-4-5-10-6-7-12(8-10)9-11(13-2)14-3/h10-11H,4-9H2,1-3H3. The molecule has 0 aliphatic carbocycles. The third kappa shape index (κ3) is 3.56. The highest BCUT2D eigenvalue weighted by Gasteiger charge is 2.23. The predicted octanol–water partition coefficient (Wildman–Crippen LogP) is 1.73. The van der Waals surface area contributed by atoms with Crippen molar-refractivity contribution < 1.29 is 9.47 Å². The molecule has 0 bridgehead atoms. The lowest BCUT2D eigenvalue weighted by molar-refractivity contribution is -0.114. The number of hydrogen-bond donors (Lipinski definition) is 0. The van der Waals surface area contributed by atoms with Crippen molar-refractivity contribution >= 4 is 0 Å². The van der Waals surface area contributed by atoms with Crippen LogP contribution in [0.25, 0.3) is 0 Å². The average Bonchev–Trinajstić information content (AvgIpc) is 2.63. The van der Waals surface area contributed by atoms with Gasteiger partial charge in [-0.15, -0.1) is 0 Å². The van der Waals surface area contributed by atoms with Crippen LogP contribution >= 0.6 is 0 Å². The van der Waals surface area contributed by atoms with Crippen LogP contribution in [0.5, 0.6) is 0 Å². The van der Waals surface area contributed by atoms with Gasteiger partial charge in [-0.2, -0.15) is 0 Å². The molecule has 1 saturated heterocycles. The van der Waals surface area contributed by atoms with Crippen molar-refractivity contribution in [2.75, 3.05) is 33.9 Å². The highest BCUT2D eigenvalue weighted by atomic mass is 16.7. The number of hydrogen-bond acceptors (Lipinski definition) is 3. The van der Waals surface area contributed by atoms with E-state index < -0.39 is 0 Å². The van der Waals surface area contributed by atoms with Crippen molar-refractivity contribution in [3.05, 3.63) is 0 Å². The van der Waals surface area contributed by atoms with Gasteiger partial charge in [0.15, 0.2) is 6.29 Å². The van der Waals surface area contributed by atoms with E-state index in [1.165, 1.54) is 32.4 Å². The fourth-order valence-electron chi connectivity index (χ4n) is 2.18. The van der Waals surface area contributed by atoms with Gasteiger partial charge in [0.2, 0.25) is 0 Å². The van der Waals surface area contributed by atoms with E-state index in [1.807, 2.05) is 0 Å². The van der Waals surface area contributed by atoms with Gasteiger partial charge in [0.25, 0.3) is 0 Å². The molecule has 0 amide bonds. The number of methoxy groups -OCH3 is 2. The summed E-state index contributed by atoms with van der Waals surface area (Å²) in [5.74, 6) is 0.898. The minimum absolute atomic E-state index is 0.0598. The number of likely N-dealkylation sites (tertiary alicyclic amines) is 1. The van der Waals surface area contributed by atoms with E-state index in [4.69, 9.17) is 9.47 Å². The van der Waals surface area contributed by atoms with E-state index in [0.29, 0.717) is 0 Å². The Morgan fingerprint density at radius 1 is 1.36 bits per heavy atom. The highest BCUT2D eigenvalue weighted by Crippen LogP contribution is 2.20. The van der Waals surface area contributed by atoms with E-state index in [2.05, 4.69) is 11.8 Å². The van der Waals surface area contributed by atoms with Crippen molar-refractivity contribution in [3.63, 3.8) is 0 Å². The van der Waals surface area contributed by atoms with Crippen molar-refractivity contribution in [2.45, 2.75) is 32.5 Å². The molecule has 3 heteroatoms. The van der Waals surface area contributed by atoms with Crippen LogP contribution in [0.2, 0.25) is 0 Å². The van der Waals surface area contributed by atoms with Crippen LogP contribution < -0.4 is 0 Å². The topological polar surface area (TPSA) is 21.7 Å². The largest absolute Gasteiger partial charge is 0.355 e. The second-order valence-corrected chi connectivity index (χ2v) is 4.10. The molecule has 1 atom stereocenters. The Bertz CT molecular complexity index is 148. The van der Waals surface area contributed by atoms with Crippen LogP contribution in [-0.4, -0.2) is 45.0 Å². The Morgan fingerprint density at radius 2 is 2.07 bits per heavy atom. The second kappa shape index (κ2) is 6.38. The smallest absolute Gasteiger partial charge is 0.169 e. The maximum Gasteiger partial charge on any atom is 0.169 e. The summed E-state index contributed by atoms with van der Waals surface area (Å²) in [5.41, 5.74) is 0. The molecule has 0 spiro atoms. The minimum Gasteiger partial charge on any atom is -0.355 e. The molecule has 0 aromatic rings. The van der Waals surface area contributed by atoms with Crippen molar-refractivity contribution in [1.29, 1.82) is 0 Å². The quantitative estimate of drug-likeness (QED) is 0.611. The van der Waals surface area contributed by atoms with E-state index in [0.717, 1.165) is 12.5 Å². The molecule has 1 aliphatic rings. The van der Waals surface area contributed by atoms with Gasteiger partial charge < -0.3 is 9.47 Å². The van der Waals surface area contributed by atoms with Crippen LogP contribution in [0, 0.1) is 5.92 Å². The van der Waals surface area contributed by atoms with Crippen LogP contribution in [0.15, 0.2) is 0 Å². The maximum absolute atomic E-state index is 5.19. The molecule has 1 rings (SSSR count). The molecule has 1 aliphatic heterocycles. The SMILES string of the molecule is CCCC1CCN(CC(OC)OC)C1. The second-order valence-electron chi connectivity index (χ2n) is 4.10. The fraction of sp³-hybridized carbons (Fsp3) is 1.00. The van der Waals surface area contributed by atoms with Crippen molar-refractivity contribution in [2.24, 2.45) is 5.92 Å². The van der Waals surface area contributed by atoms with E-state index in [1.54, 1.807) is 14.2 Å². The monoisotopic (exact) mass is 201 g/mol. The van der Waals surface area contributed by atoms with Crippen molar-refractivity contribution in [3.8, 4) is 0 Å². The molecule has 1 heterocycles. The lowest BCUT2D eigenvalue weighted by Gasteiger charge is -2.21. The molecule has 0 radical (unpaired) electrons. The Labute approximate surface area is 87.4 Å². The molecule has 1 fully saturated rings. The molecular weight excluding hydrogens is 178 g/mol. The lowest BCUT2D eigenvalue weighted by Crippen LogP contribution is -2.33. The highest BCUT2D eigenvalue weighted by molar-refractivity contribution is 4.75. The summed E-state index contributed by atoms with van der Waals surface area (Å²) in [6.07, 6.45) is 3.95. The molecule has 0 N–H and O–H groups in total. The van der Waals surface area contributed by atoms with E-state index in [-0.39, 0.29) is 6.29 Å². The average molecular weight is 201 g/mol. The van der Waals surface area contributed by atoms with Gasteiger partial charge in [-0.1, -0.05) is 13.3 Å². The first kappa shape index (κ1) is 12.0. The number of rotatable bonds is 6. The Kier molecular flexibility index (Phi) is 5.45. The first-order chi connectivity index (χ1) is 6.80. The van der Waals surface area contributed by atoms with Gasteiger partial charge in [-0.25, -0.2) is 0 Å². The zero-order valence-electron chi connectivity index (χ0n) is 9.66. The summed E-state index contributed by atoms with van der Waals surface area (Å²) in [7, 11) is 3.40. The molecule has 0 saturated carbocycles. The molecule has 84 valence electrons. The normalized spacial score (nSPS) is 23.6. The first-order valence-corrected chi connectivity index (χ1v) is 5.58. The summed E-state index contributed by atoms with van der Waals surface area (Å²) >= 11 is 0. The van der Waals surface area contributed by atoms with Crippen LogP contribution in [0.1, 0.15) is 26.2 Å². The Hall–Kier alpha value is -0.120. The summed E-state index contributed by atoms with van der Waals surface area (Å²) in [4.78, 5) is 2.44. The van der Waals surface area contributed by atoms with Gasteiger partial charge >= 0.3 is 0 Å². The van der Waals surface area contributed by atoms with Gasteiger partial charge in [-0.05, 0) is 25.3 Å². The first-order valence-electron chi connectivity index (χ1n) is 5.58. The minimum atomic E-state index is -0.0598. The number of ether oxygens (including phenoxy) is 2. The molecular formula is C11H23NO2. The van der Waals surface area contributed by atoms with Crippen LogP contribution in [-0.2, 0) is 9.47 Å². The zero-order valence-corrected chi connectivity index (χ0v) is 9.66. The maximum atomic E-state index is 5.19. The Balaban J connectivity index is 2.21. The summed E-state index contributed by atoms with van der Waals surface area (Å²) in [6.45, 7) is 5.59. The molecule has 1 unspecified atom stereocenters. The fourth-order valence-corrected chi connectivity index (χ4v) is 2.18. The van der Waals surface area contributed by atoms with Gasteiger partial charge in [-0.3, -0.25) is 4.90 Å². The van der Waals surface area contributed by atoms with Gasteiger partial charge in [0.05, 0.1) is 0 Å². The predicted molar refractivity (Wildman–Crippen MR) is 57.3 cm³/mol. The van der Waals surface area contributed by atoms with E-state index >= 15 is 0 Å².